The standard InChI is InChI=1S/C33H30ClF3N2O5/c1-21-24(10-7-11-25(21)23-8-3-2-4-9-23)20-43-29-17-30(42-19-22-13-14-31(38-18-22)44-33(35,36)37)28(16-26(29)34)39-15-6-5-12-27(39)32(40)41/h2-4,7-11,13-14,16-18,27H,5-6,12,15,19-20H2,1H3,(H,40,41). The van der Waals surface area contributed by atoms with Crippen molar-refractivity contribution in [3.05, 3.63) is 101 Å². The summed E-state index contributed by atoms with van der Waals surface area (Å²) in [5.41, 5.74) is 5.16. The zero-order chi connectivity index (χ0) is 31.3. The van der Waals surface area contributed by atoms with Crippen molar-refractivity contribution in [2.24, 2.45) is 0 Å². The highest BCUT2D eigenvalue weighted by atomic mass is 35.5. The minimum atomic E-state index is -4.85. The van der Waals surface area contributed by atoms with Crippen LogP contribution in [-0.4, -0.2) is 35.0 Å². The van der Waals surface area contributed by atoms with Crippen LogP contribution in [0.15, 0.2) is 79.0 Å². The Bertz CT molecular complexity index is 1600. The highest BCUT2D eigenvalue weighted by Crippen LogP contribution is 2.41. The van der Waals surface area contributed by atoms with Crippen LogP contribution in [0.25, 0.3) is 11.1 Å². The van der Waals surface area contributed by atoms with Crippen LogP contribution in [0.1, 0.15) is 36.0 Å². The molecular weight excluding hydrogens is 597 g/mol. The number of rotatable bonds is 10. The number of carboxylic acid groups (broad SMARTS) is 1. The van der Waals surface area contributed by atoms with Crippen molar-refractivity contribution < 1.29 is 37.3 Å². The lowest BCUT2D eigenvalue weighted by molar-refractivity contribution is -0.276. The Labute approximate surface area is 257 Å². The number of aliphatic carboxylic acids is 1. The van der Waals surface area contributed by atoms with Crippen molar-refractivity contribution in [3.8, 4) is 28.5 Å². The van der Waals surface area contributed by atoms with Crippen LogP contribution in [-0.2, 0) is 18.0 Å². The van der Waals surface area contributed by atoms with Gasteiger partial charge >= 0.3 is 12.3 Å². The molecule has 1 unspecified atom stereocenters. The van der Waals surface area contributed by atoms with E-state index in [0.29, 0.717) is 35.7 Å². The molecule has 11 heteroatoms. The zero-order valence-corrected chi connectivity index (χ0v) is 24.6. The van der Waals surface area contributed by atoms with E-state index < -0.39 is 24.3 Å². The number of carbonyl (C=O) groups is 1. The smallest absolute Gasteiger partial charge is 0.487 e. The minimum absolute atomic E-state index is 0.0584. The van der Waals surface area contributed by atoms with E-state index in [4.69, 9.17) is 21.1 Å². The lowest BCUT2D eigenvalue weighted by Gasteiger charge is -2.36. The van der Waals surface area contributed by atoms with Crippen molar-refractivity contribution in [3.63, 3.8) is 0 Å². The van der Waals surface area contributed by atoms with Gasteiger partial charge in [0.2, 0.25) is 5.88 Å². The number of hydrogen-bond donors (Lipinski definition) is 1. The average molecular weight is 627 g/mol. The fraction of sp³-hybridized carbons (Fsp3) is 0.273. The second-order valence-electron chi connectivity index (χ2n) is 10.4. The second kappa shape index (κ2) is 13.5. The number of nitrogens with zero attached hydrogens (tertiary/aromatic N) is 2. The molecule has 1 aromatic heterocycles. The molecule has 1 N–H and O–H groups in total. The number of anilines is 1. The molecule has 2 heterocycles. The van der Waals surface area contributed by atoms with E-state index in [9.17, 15) is 23.1 Å². The Kier molecular flexibility index (Phi) is 9.49. The summed E-state index contributed by atoms with van der Waals surface area (Å²) in [5.74, 6) is -0.882. The highest BCUT2D eigenvalue weighted by molar-refractivity contribution is 6.32. The summed E-state index contributed by atoms with van der Waals surface area (Å²) in [6.07, 6.45) is -1.60. The van der Waals surface area contributed by atoms with Crippen molar-refractivity contribution >= 4 is 23.3 Å². The van der Waals surface area contributed by atoms with Crippen LogP contribution in [0.3, 0.4) is 0 Å². The molecule has 4 aromatic rings. The van der Waals surface area contributed by atoms with E-state index in [-0.39, 0.29) is 18.2 Å². The van der Waals surface area contributed by atoms with Gasteiger partial charge in [0, 0.05) is 30.4 Å². The molecule has 7 nitrogen and oxygen atoms in total. The fourth-order valence-electron chi connectivity index (χ4n) is 5.21. The van der Waals surface area contributed by atoms with Crippen LogP contribution in [0, 0.1) is 6.92 Å². The SMILES string of the molecule is Cc1c(COc2cc(OCc3ccc(OC(F)(F)F)nc3)c(N3CCCCC3C(=O)O)cc2Cl)cccc1-c1ccccc1. The average Bonchev–Trinajstić information content (AvgIpc) is 3.00. The van der Waals surface area contributed by atoms with E-state index in [2.05, 4.69) is 15.8 Å². The number of piperidine rings is 1. The predicted molar refractivity (Wildman–Crippen MR) is 160 cm³/mol. The van der Waals surface area contributed by atoms with Crippen LogP contribution in [0.5, 0.6) is 17.4 Å². The normalized spacial score (nSPS) is 15.1. The summed E-state index contributed by atoms with van der Waals surface area (Å²) < 4.78 is 53.7. The zero-order valence-electron chi connectivity index (χ0n) is 23.8. The van der Waals surface area contributed by atoms with Gasteiger partial charge in [-0.25, -0.2) is 9.78 Å². The number of ether oxygens (including phenoxy) is 3. The van der Waals surface area contributed by atoms with Gasteiger partial charge in [0.15, 0.2) is 0 Å². The summed E-state index contributed by atoms with van der Waals surface area (Å²) in [7, 11) is 0. The third-order valence-corrected chi connectivity index (χ3v) is 7.73. The first-order chi connectivity index (χ1) is 21.1. The molecule has 0 aliphatic carbocycles. The molecule has 44 heavy (non-hydrogen) atoms. The van der Waals surface area contributed by atoms with Gasteiger partial charge in [0.1, 0.15) is 30.8 Å². The van der Waals surface area contributed by atoms with Gasteiger partial charge in [0.25, 0.3) is 0 Å². The third kappa shape index (κ3) is 7.55. The number of pyridine rings is 1. The van der Waals surface area contributed by atoms with Gasteiger partial charge in [0.05, 0.1) is 10.7 Å². The second-order valence-corrected chi connectivity index (χ2v) is 10.8. The molecule has 1 fully saturated rings. The molecule has 0 spiro atoms. The summed E-state index contributed by atoms with van der Waals surface area (Å²) in [6.45, 7) is 2.68. The molecule has 0 amide bonds. The molecular formula is C33H30ClF3N2O5. The molecule has 0 bridgehead atoms. The van der Waals surface area contributed by atoms with E-state index in [1.807, 2.05) is 49.4 Å². The van der Waals surface area contributed by atoms with E-state index >= 15 is 0 Å². The minimum Gasteiger partial charge on any atom is -0.487 e. The largest absolute Gasteiger partial charge is 0.574 e. The maximum atomic E-state index is 12.5. The van der Waals surface area contributed by atoms with Crippen LogP contribution in [0.4, 0.5) is 18.9 Å². The summed E-state index contributed by atoms with van der Waals surface area (Å²) in [4.78, 5) is 17.5. The van der Waals surface area contributed by atoms with Crippen LogP contribution >= 0.6 is 11.6 Å². The first kappa shape index (κ1) is 31.0. The number of halogens is 4. The lowest BCUT2D eigenvalue weighted by Crippen LogP contribution is -2.45. The van der Waals surface area contributed by atoms with Gasteiger partial charge in [-0.1, -0.05) is 60.1 Å². The molecule has 0 saturated carbocycles. The Balaban J connectivity index is 1.41. The molecule has 1 aliphatic heterocycles. The predicted octanol–water partition coefficient (Wildman–Crippen LogP) is 8.21. The molecule has 1 atom stereocenters. The van der Waals surface area contributed by atoms with Crippen molar-refractivity contribution in [2.45, 2.75) is 51.8 Å². The van der Waals surface area contributed by atoms with Gasteiger partial charge in [-0.2, -0.15) is 0 Å². The monoisotopic (exact) mass is 626 g/mol. The van der Waals surface area contributed by atoms with Gasteiger partial charge in [-0.05, 0) is 60.6 Å². The number of hydrogen-bond acceptors (Lipinski definition) is 6. The lowest BCUT2D eigenvalue weighted by atomic mass is 9.97. The molecule has 0 radical (unpaired) electrons. The Hall–Kier alpha value is -4.44. The van der Waals surface area contributed by atoms with E-state index in [1.54, 1.807) is 17.0 Å². The molecule has 1 saturated heterocycles. The van der Waals surface area contributed by atoms with Crippen molar-refractivity contribution in [1.82, 2.24) is 4.98 Å². The van der Waals surface area contributed by atoms with Crippen molar-refractivity contribution in [1.29, 1.82) is 0 Å². The summed E-state index contributed by atoms with van der Waals surface area (Å²) in [5, 5.41) is 10.2. The van der Waals surface area contributed by atoms with Gasteiger partial charge in [-0.3, -0.25) is 0 Å². The Morgan fingerprint density at radius 3 is 2.48 bits per heavy atom. The topological polar surface area (TPSA) is 81.1 Å². The number of aromatic nitrogens is 1. The molecule has 1 aliphatic rings. The van der Waals surface area contributed by atoms with Gasteiger partial charge in [-0.15, -0.1) is 13.2 Å². The fourth-order valence-corrected chi connectivity index (χ4v) is 5.43. The van der Waals surface area contributed by atoms with Gasteiger partial charge < -0.3 is 24.2 Å². The maximum absolute atomic E-state index is 12.5. The van der Waals surface area contributed by atoms with Crippen LogP contribution in [0.2, 0.25) is 5.02 Å². The summed E-state index contributed by atoms with van der Waals surface area (Å²) >= 11 is 6.70. The maximum Gasteiger partial charge on any atom is 0.574 e. The number of alkyl halides is 3. The Morgan fingerprint density at radius 2 is 1.77 bits per heavy atom. The van der Waals surface area contributed by atoms with Crippen LogP contribution < -0.4 is 19.1 Å². The van der Waals surface area contributed by atoms with Crippen molar-refractivity contribution in [2.75, 3.05) is 11.4 Å². The number of benzene rings is 3. The molecule has 5 rings (SSSR count). The molecule has 230 valence electrons. The first-order valence-electron chi connectivity index (χ1n) is 14.0. The Morgan fingerprint density at radius 1 is 1.00 bits per heavy atom. The highest BCUT2D eigenvalue weighted by Gasteiger charge is 2.32. The third-order valence-electron chi connectivity index (χ3n) is 7.44. The quantitative estimate of drug-likeness (QED) is 0.190. The number of carboxylic acids is 1. The molecule has 3 aromatic carbocycles. The first-order valence-corrected chi connectivity index (χ1v) is 14.4. The van der Waals surface area contributed by atoms with E-state index in [0.717, 1.165) is 41.2 Å². The van der Waals surface area contributed by atoms with E-state index in [1.165, 1.54) is 12.3 Å². The summed E-state index contributed by atoms with van der Waals surface area (Å²) in [6, 6.07) is 21.0.